The summed E-state index contributed by atoms with van der Waals surface area (Å²) in [6.45, 7) is 2.22. The average Bonchev–Trinajstić information content (AvgIpc) is 3.10. The van der Waals surface area contributed by atoms with Gasteiger partial charge in [0.05, 0.1) is 29.1 Å². The summed E-state index contributed by atoms with van der Waals surface area (Å²) >= 11 is 6.24. The molecule has 1 aliphatic heterocycles. The van der Waals surface area contributed by atoms with Crippen molar-refractivity contribution in [3.8, 4) is 5.75 Å². The van der Waals surface area contributed by atoms with Crippen molar-refractivity contribution in [1.29, 1.82) is 0 Å². The van der Waals surface area contributed by atoms with Crippen LogP contribution in [0.1, 0.15) is 29.7 Å². The summed E-state index contributed by atoms with van der Waals surface area (Å²) < 4.78 is 5.40. The lowest BCUT2D eigenvalue weighted by Crippen LogP contribution is -2.29. The van der Waals surface area contributed by atoms with Crippen LogP contribution in [0.3, 0.4) is 0 Å². The fourth-order valence-electron chi connectivity index (χ4n) is 3.95. The van der Waals surface area contributed by atoms with Crippen LogP contribution >= 0.6 is 11.6 Å². The molecule has 35 heavy (non-hydrogen) atoms. The van der Waals surface area contributed by atoms with Crippen LogP contribution in [0, 0.1) is 10.1 Å². The van der Waals surface area contributed by atoms with Crippen molar-refractivity contribution < 1.29 is 29.3 Å². The Hall–Kier alpha value is -4.24. The van der Waals surface area contributed by atoms with Crippen molar-refractivity contribution in [1.82, 2.24) is 4.90 Å². The minimum Gasteiger partial charge on any atom is -0.872 e. The maximum atomic E-state index is 13.5. The third-order valence-corrected chi connectivity index (χ3v) is 5.86. The van der Waals surface area contributed by atoms with Crippen molar-refractivity contribution in [3.05, 3.63) is 104 Å². The number of amides is 1. The van der Waals surface area contributed by atoms with Gasteiger partial charge in [-0.25, -0.2) is 4.98 Å². The Balaban J connectivity index is 1.84. The lowest BCUT2D eigenvalue weighted by molar-refractivity contribution is -0.384. The van der Waals surface area contributed by atoms with E-state index in [0.717, 1.165) is 0 Å². The van der Waals surface area contributed by atoms with Gasteiger partial charge in [-0.3, -0.25) is 19.7 Å². The number of non-ortho nitro benzene ring substituents is 1. The number of hydrogen-bond acceptors (Lipinski definition) is 6. The summed E-state index contributed by atoms with van der Waals surface area (Å²) in [7, 11) is 0. The molecule has 0 saturated carbocycles. The first kappa shape index (κ1) is 23.9. The molecule has 4 rings (SSSR count). The molecule has 2 aromatic carbocycles. The average molecular weight is 494 g/mol. The number of nitrogens with zero attached hydrogens (tertiary/aromatic N) is 2. The lowest BCUT2D eigenvalue weighted by Gasteiger charge is -2.27. The molecule has 1 saturated heterocycles. The molecule has 1 atom stereocenters. The Morgan fingerprint density at radius 3 is 2.51 bits per heavy atom. The molecule has 1 aliphatic rings. The molecule has 3 aromatic rings. The van der Waals surface area contributed by atoms with Gasteiger partial charge < -0.3 is 14.7 Å². The predicted molar refractivity (Wildman–Crippen MR) is 124 cm³/mol. The van der Waals surface area contributed by atoms with Gasteiger partial charge in [0.15, 0.2) is 12.4 Å². The van der Waals surface area contributed by atoms with Gasteiger partial charge in [-0.2, -0.15) is 0 Å². The van der Waals surface area contributed by atoms with E-state index in [-0.39, 0.29) is 28.4 Å². The summed E-state index contributed by atoms with van der Waals surface area (Å²) in [5.74, 6) is -2.03. The molecule has 9 nitrogen and oxygen atoms in total. The van der Waals surface area contributed by atoms with E-state index in [4.69, 9.17) is 16.3 Å². The number of carbonyl (C=O) groups is 2. The fraction of sp³-hybridized carbons (Fsp3) is 0.160. The van der Waals surface area contributed by atoms with E-state index in [0.29, 0.717) is 23.5 Å². The number of nitro benzene ring substituents is 1. The maximum Gasteiger partial charge on any atom is 0.295 e. The topological polar surface area (TPSA) is 127 Å². The first-order valence-corrected chi connectivity index (χ1v) is 11.1. The fourth-order valence-corrected chi connectivity index (χ4v) is 4.19. The molecule has 0 bridgehead atoms. The molecule has 178 valence electrons. The standard InChI is InChI=1S/C25H20ClN3O6/c1-2-35-20-10-7-17(12-19(20)26)23(30)21-22(16-5-8-18(9-6-16)29(33)34)28(25(32)24(21)31)14-15-4-3-11-27-13-15/h3-13,22,30H,2,14H2,1H3/b23-21+. The summed E-state index contributed by atoms with van der Waals surface area (Å²) in [6, 6.07) is 12.3. The van der Waals surface area contributed by atoms with Crippen molar-refractivity contribution in [2.75, 3.05) is 6.61 Å². The number of rotatable bonds is 7. The van der Waals surface area contributed by atoms with Gasteiger partial charge >= 0.3 is 0 Å². The molecule has 1 N–H and O–H groups in total. The Morgan fingerprint density at radius 2 is 1.91 bits per heavy atom. The molecular weight excluding hydrogens is 474 g/mol. The van der Waals surface area contributed by atoms with E-state index < -0.39 is 28.4 Å². The molecule has 2 heterocycles. The smallest absolute Gasteiger partial charge is 0.295 e. The number of pyridine rings is 1. The van der Waals surface area contributed by atoms with Gasteiger partial charge in [0.25, 0.3) is 11.6 Å². The number of H-pyrrole nitrogens is 1. The molecule has 1 fully saturated rings. The lowest BCUT2D eigenvalue weighted by atomic mass is 9.95. The molecule has 10 heteroatoms. The number of ether oxygens (including phenoxy) is 1. The Kier molecular flexibility index (Phi) is 6.79. The maximum absolute atomic E-state index is 13.5. The highest BCUT2D eigenvalue weighted by molar-refractivity contribution is 6.46. The largest absolute Gasteiger partial charge is 0.872 e. The number of benzene rings is 2. The zero-order chi connectivity index (χ0) is 25.1. The second-order valence-electron chi connectivity index (χ2n) is 7.75. The highest BCUT2D eigenvalue weighted by atomic mass is 35.5. The zero-order valence-electron chi connectivity index (χ0n) is 18.6. The van der Waals surface area contributed by atoms with Gasteiger partial charge in [-0.1, -0.05) is 23.4 Å². The number of nitrogens with one attached hydrogen (secondary N) is 1. The summed E-state index contributed by atoms with van der Waals surface area (Å²) in [4.78, 5) is 40.9. The van der Waals surface area contributed by atoms with Crippen LogP contribution in [0.5, 0.6) is 5.75 Å². The van der Waals surface area contributed by atoms with Crippen LogP contribution in [0.25, 0.3) is 5.76 Å². The van der Waals surface area contributed by atoms with Crippen molar-refractivity contribution in [2.45, 2.75) is 19.5 Å². The molecule has 1 aromatic heterocycles. The Morgan fingerprint density at radius 1 is 1.17 bits per heavy atom. The highest BCUT2D eigenvalue weighted by Crippen LogP contribution is 2.40. The second kappa shape index (κ2) is 9.94. The molecular formula is C25H20ClN3O6. The molecule has 0 aliphatic carbocycles. The van der Waals surface area contributed by atoms with Crippen LogP contribution < -0.4 is 14.8 Å². The number of ketones is 1. The number of hydrogen-bond donors (Lipinski definition) is 0. The van der Waals surface area contributed by atoms with Crippen molar-refractivity contribution >= 4 is 34.7 Å². The third-order valence-electron chi connectivity index (χ3n) is 5.57. The third kappa shape index (κ3) is 4.71. The van der Waals surface area contributed by atoms with E-state index in [1.54, 1.807) is 31.5 Å². The van der Waals surface area contributed by atoms with Gasteiger partial charge in [0.1, 0.15) is 5.75 Å². The van der Waals surface area contributed by atoms with Crippen LogP contribution in [0.15, 0.2) is 72.6 Å². The zero-order valence-corrected chi connectivity index (χ0v) is 19.3. The number of halogens is 1. The second-order valence-corrected chi connectivity index (χ2v) is 8.15. The minimum atomic E-state index is -1.03. The van der Waals surface area contributed by atoms with Crippen molar-refractivity contribution in [3.63, 3.8) is 0 Å². The molecule has 0 spiro atoms. The number of Topliss-reactive ketones (excluding diaryl/α,β-unsaturated/α-hetero) is 1. The number of likely N-dealkylation sites (tertiary alicyclic amines) is 1. The van der Waals surface area contributed by atoms with Gasteiger partial charge in [0, 0.05) is 29.3 Å². The summed E-state index contributed by atoms with van der Waals surface area (Å²) in [5.41, 5.74) is 0.827. The first-order chi connectivity index (χ1) is 16.8. The monoisotopic (exact) mass is 493 g/mol. The molecule has 1 unspecified atom stereocenters. The number of aromatic nitrogens is 1. The minimum absolute atomic E-state index is 0.0460. The molecule has 0 radical (unpaired) electrons. The van der Waals surface area contributed by atoms with Gasteiger partial charge in [-0.05, 0) is 48.4 Å². The van der Waals surface area contributed by atoms with E-state index in [2.05, 4.69) is 4.98 Å². The first-order valence-electron chi connectivity index (χ1n) is 10.7. The summed E-state index contributed by atoms with van der Waals surface area (Å²) in [6.07, 6.45) is 3.38. The number of nitro groups is 1. The number of carbonyl (C=O) groups excluding carboxylic acids is 2. The Labute approximate surface area is 205 Å². The van der Waals surface area contributed by atoms with E-state index >= 15 is 0 Å². The van der Waals surface area contributed by atoms with Crippen LogP contribution in [0.2, 0.25) is 5.02 Å². The predicted octanol–water partition coefficient (Wildman–Crippen LogP) is 2.89. The SMILES string of the molecule is CCOc1ccc(/C([O-])=C2\C(=O)C(=O)N(Cc3ccc[nH+]c3)C2c2ccc([N+](=O)[O-])cc2)cc1Cl. The van der Waals surface area contributed by atoms with Crippen molar-refractivity contribution in [2.24, 2.45) is 0 Å². The number of aromatic amines is 1. The van der Waals surface area contributed by atoms with E-state index in [1.807, 2.05) is 0 Å². The van der Waals surface area contributed by atoms with Gasteiger partial charge in [-0.15, -0.1) is 0 Å². The van der Waals surface area contributed by atoms with Gasteiger partial charge in [0.2, 0.25) is 5.78 Å². The Bertz CT molecular complexity index is 1320. The quantitative estimate of drug-likeness (QED) is 0.164. The normalized spacial score (nSPS) is 17.0. The van der Waals surface area contributed by atoms with E-state index in [1.165, 1.54) is 47.4 Å². The van der Waals surface area contributed by atoms with Crippen LogP contribution in [-0.4, -0.2) is 28.1 Å². The summed E-state index contributed by atoms with van der Waals surface area (Å²) in [5, 5.41) is 24.8. The highest BCUT2D eigenvalue weighted by Gasteiger charge is 2.44. The van der Waals surface area contributed by atoms with Crippen LogP contribution in [-0.2, 0) is 16.1 Å². The van der Waals surface area contributed by atoms with Crippen LogP contribution in [0.4, 0.5) is 5.69 Å². The molecule has 1 amide bonds. The van der Waals surface area contributed by atoms with E-state index in [9.17, 15) is 24.8 Å².